The molecule has 4 heteroatoms. The maximum atomic E-state index is 6.23. The van der Waals surface area contributed by atoms with Gasteiger partial charge < -0.3 is 9.88 Å². The molecule has 1 aromatic carbocycles. The minimum Gasteiger partial charge on any atom is -0.350 e. The zero-order chi connectivity index (χ0) is 14.7. The van der Waals surface area contributed by atoms with Gasteiger partial charge >= 0.3 is 0 Å². The zero-order valence-electron chi connectivity index (χ0n) is 12.0. The van der Waals surface area contributed by atoms with Gasteiger partial charge in [-0.15, -0.1) is 0 Å². The Bertz CT molecular complexity index is 576. The first-order valence-electron chi connectivity index (χ1n) is 6.78. The van der Waals surface area contributed by atoms with Crippen LogP contribution in [0.2, 0.25) is 10.0 Å². The molecule has 108 valence electrons. The molecule has 0 aliphatic rings. The molecule has 2 nitrogen and oxygen atoms in total. The maximum absolute atomic E-state index is 6.23. The van der Waals surface area contributed by atoms with Gasteiger partial charge in [0.1, 0.15) is 0 Å². The Morgan fingerprint density at radius 3 is 2.60 bits per heavy atom. The van der Waals surface area contributed by atoms with Crippen LogP contribution in [0.1, 0.15) is 31.0 Å². The zero-order valence-corrected chi connectivity index (χ0v) is 13.5. The number of hydrogen-bond acceptors (Lipinski definition) is 1. The number of nitrogens with zero attached hydrogens (tertiary/aromatic N) is 1. The van der Waals surface area contributed by atoms with E-state index in [9.17, 15) is 0 Å². The first kappa shape index (κ1) is 15.4. The number of aromatic nitrogens is 1. The second-order valence-corrected chi connectivity index (χ2v) is 6.13. The van der Waals surface area contributed by atoms with Gasteiger partial charge in [0.25, 0.3) is 0 Å². The molecule has 0 fully saturated rings. The lowest BCUT2D eigenvalue weighted by Gasteiger charge is -2.18. The van der Waals surface area contributed by atoms with E-state index in [0.717, 1.165) is 12.1 Å². The molecule has 1 N–H and O–H groups in total. The number of halogens is 2. The van der Waals surface area contributed by atoms with Crippen molar-refractivity contribution >= 4 is 23.2 Å². The van der Waals surface area contributed by atoms with Crippen LogP contribution in [-0.2, 0) is 6.54 Å². The van der Waals surface area contributed by atoms with Gasteiger partial charge in [-0.3, -0.25) is 0 Å². The SMILES string of the molecule is CNC(c1ccn(Cc2cccc(Cl)c2Cl)c1)C(C)C. The minimum atomic E-state index is 0.367. The summed E-state index contributed by atoms with van der Waals surface area (Å²) in [6.45, 7) is 5.16. The largest absolute Gasteiger partial charge is 0.350 e. The topological polar surface area (TPSA) is 17.0 Å². The normalized spacial score (nSPS) is 12.9. The Kier molecular flexibility index (Phi) is 5.14. The lowest BCUT2D eigenvalue weighted by molar-refractivity contribution is 0.443. The van der Waals surface area contributed by atoms with Gasteiger partial charge in [-0.1, -0.05) is 49.2 Å². The molecule has 0 aliphatic carbocycles. The lowest BCUT2D eigenvalue weighted by atomic mass is 9.99. The molecule has 0 amide bonds. The van der Waals surface area contributed by atoms with E-state index >= 15 is 0 Å². The summed E-state index contributed by atoms with van der Waals surface area (Å²) in [5, 5.41) is 4.60. The van der Waals surface area contributed by atoms with Crippen molar-refractivity contribution in [2.75, 3.05) is 7.05 Å². The first-order chi connectivity index (χ1) is 9.52. The van der Waals surface area contributed by atoms with E-state index in [2.05, 4.69) is 42.2 Å². The summed E-state index contributed by atoms with van der Waals surface area (Å²) in [5.41, 5.74) is 2.33. The summed E-state index contributed by atoms with van der Waals surface area (Å²) in [4.78, 5) is 0. The smallest absolute Gasteiger partial charge is 0.0642 e. The van der Waals surface area contributed by atoms with Crippen LogP contribution in [0.15, 0.2) is 36.7 Å². The monoisotopic (exact) mass is 310 g/mol. The Labute approximate surface area is 130 Å². The van der Waals surface area contributed by atoms with Gasteiger partial charge in [-0.05, 0) is 36.2 Å². The van der Waals surface area contributed by atoms with E-state index in [4.69, 9.17) is 23.2 Å². The summed E-state index contributed by atoms with van der Waals surface area (Å²) in [6.07, 6.45) is 4.25. The molecule has 0 aliphatic heterocycles. The van der Waals surface area contributed by atoms with E-state index < -0.39 is 0 Å². The maximum Gasteiger partial charge on any atom is 0.0642 e. The molecule has 20 heavy (non-hydrogen) atoms. The van der Waals surface area contributed by atoms with Crippen LogP contribution in [0.25, 0.3) is 0 Å². The average Bonchev–Trinajstić information content (AvgIpc) is 2.84. The van der Waals surface area contributed by atoms with Crippen molar-refractivity contribution in [1.82, 2.24) is 9.88 Å². The van der Waals surface area contributed by atoms with Crippen molar-refractivity contribution in [3.05, 3.63) is 57.8 Å². The van der Waals surface area contributed by atoms with Crippen LogP contribution < -0.4 is 5.32 Å². The highest BCUT2D eigenvalue weighted by atomic mass is 35.5. The highest BCUT2D eigenvalue weighted by Gasteiger charge is 2.14. The first-order valence-corrected chi connectivity index (χ1v) is 7.54. The summed E-state index contributed by atoms with van der Waals surface area (Å²) >= 11 is 12.3. The number of nitrogens with one attached hydrogen (secondary N) is 1. The van der Waals surface area contributed by atoms with Gasteiger partial charge in [0.15, 0.2) is 0 Å². The predicted molar refractivity (Wildman–Crippen MR) is 86.6 cm³/mol. The quantitative estimate of drug-likeness (QED) is 0.842. The standard InChI is InChI=1S/C16H20Cl2N2/c1-11(2)16(19-3)13-7-8-20(10-13)9-12-5-4-6-14(17)15(12)18/h4-8,10-11,16,19H,9H2,1-3H3. The molecule has 1 unspecified atom stereocenters. The Hall–Kier alpha value is -0.960. The Morgan fingerprint density at radius 1 is 1.20 bits per heavy atom. The Balaban J connectivity index is 2.19. The molecule has 1 heterocycles. The molecule has 0 spiro atoms. The van der Waals surface area contributed by atoms with Crippen LogP contribution in [0.4, 0.5) is 0 Å². The van der Waals surface area contributed by atoms with Crippen molar-refractivity contribution < 1.29 is 0 Å². The van der Waals surface area contributed by atoms with Gasteiger partial charge in [-0.2, -0.15) is 0 Å². The highest BCUT2D eigenvalue weighted by molar-refractivity contribution is 6.42. The van der Waals surface area contributed by atoms with Crippen molar-refractivity contribution in [3.63, 3.8) is 0 Å². The molecule has 0 saturated carbocycles. The summed E-state index contributed by atoms with van der Waals surface area (Å²) < 4.78 is 2.14. The molecular formula is C16H20Cl2N2. The average molecular weight is 311 g/mol. The molecular weight excluding hydrogens is 291 g/mol. The third-order valence-electron chi connectivity index (χ3n) is 3.49. The minimum absolute atomic E-state index is 0.367. The molecule has 0 radical (unpaired) electrons. The predicted octanol–water partition coefficient (Wildman–Crippen LogP) is 4.76. The third-order valence-corrected chi connectivity index (χ3v) is 4.35. The van der Waals surface area contributed by atoms with E-state index in [1.54, 1.807) is 0 Å². The third kappa shape index (κ3) is 3.38. The van der Waals surface area contributed by atoms with E-state index in [-0.39, 0.29) is 0 Å². The molecule has 0 saturated heterocycles. The molecule has 2 aromatic rings. The van der Waals surface area contributed by atoms with E-state index in [1.165, 1.54) is 5.56 Å². The van der Waals surface area contributed by atoms with Crippen molar-refractivity contribution in [2.24, 2.45) is 5.92 Å². The van der Waals surface area contributed by atoms with Crippen LogP contribution >= 0.6 is 23.2 Å². The fraction of sp³-hybridized carbons (Fsp3) is 0.375. The van der Waals surface area contributed by atoms with Crippen molar-refractivity contribution in [1.29, 1.82) is 0 Å². The number of hydrogen-bond donors (Lipinski definition) is 1. The van der Waals surface area contributed by atoms with Crippen LogP contribution in [0.3, 0.4) is 0 Å². The highest BCUT2D eigenvalue weighted by Crippen LogP contribution is 2.27. The Morgan fingerprint density at radius 2 is 1.95 bits per heavy atom. The molecule has 2 rings (SSSR count). The molecule has 1 aromatic heterocycles. The van der Waals surface area contributed by atoms with Gasteiger partial charge in [0.05, 0.1) is 10.0 Å². The van der Waals surface area contributed by atoms with E-state index in [0.29, 0.717) is 22.0 Å². The molecule has 0 bridgehead atoms. The van der Waals surface area contributed by atoms with Gasteiger partial charge in [0, 0.05) is 25.0 Å². The van der Waals surface area contributed by atoms with Crippen molar-refractivity contribution in [2.45, 2.75) is 26.4 Å². The van der Waals surface area contributed by atoms with Crippen LogP contribution in [-0.4, -0.2) is 11.6 Å². The van der Waals surface area contributed by atoms with Crippen LogP contribution in [0, 0.1) is 5.92 Å². The lowest BCUT2D eigenvalue weighted by Crippen LogP contribution is -2.21. The number of rotatable bonds is 5. The molecule has 1 atom stereocenters. The second-order valence-electron chi connectivity index (χ2n) is 5.34. The van der Waals surface area contributed by atoms with Crippen molar-refractivity contribution in [3.8, 4) is 0 Å². The fourth-order valence-corrected chi connectivity index (χ4v) is 2.87. The summed E-state index contributed by atoms with van der Waals surface area (Å²) in [6, 6.07) is 8.26. The fourth-order valence-electron chi connectivity index (χ4n) is 2.49. The van der Waals surface area contributed by atoms with Crippen LogP contribution in [0.5, 0.6) is 0 Å². The summed E-state index contributed by atoms with van der Waals surface area (Å²) in [7, 11) is 2.00. The van der Waals surface area contributed by atoms with Gasteiger partial charge in [0.2, 0.25) is 0 Å². The van der Waals surface area contributed by atoms with Gasteiger partial charge in [-0.25, -0.2) is 0 Å². The summed E-state index contributed by atoms with van der Waals surface area (Å²) in [5.74, 6) is 0.547. The van der Waals surface area contributed by atoms with E-state index in [1.807, 2.05) is 25.2 Å². The second kappa shape index (κ2) is 6.66. The number of benzene rings is 1.